The van der Waals surface area contributed by atoms with Gasteiger partial charge in [-0.05, 0) is 37.9 Å². The summed E-state index contributed by atoms with van der Waals surface area (Å²) in [7, 11) is 0. The molecule has 1 aliphatic rings. The van der Waals surface area contributed by atoms with E-state index < -0.39 is 0 Å². The van der Waals surface area contributed by atoms with Gasteiger partial charge in [-0.25, -0.2) is 0 Å². The second kappa shape index (κ2) is 3.66. The smallest absolute Gasteiger partial charge is 0.177 e. The number of aromatic amines is 1. The van der Waals surface area contributed by atoms with Crippen LogP contribution < -0.4 is 0 Å². The Labute approximate surface area is 84.0 Å². The normalized spacial score (nSPS) is 16.4. The highest BCUT2D eigenvalue weighted by atomic mass is 32.1. The summed E-state index contributed by atoms with van der Waals surface area (Å²) in [5.74, 6) is 1.04. The molecule has 0 amide bonds. The fourth-order valence-corrected chi connectivity index (χ4v) is 2.00. The Morgan fingerprint density at radius 2 is 2.38 bits per heavy atom. The second-order valence-corrected chi connectivity index (χ2v) is 4.36. The molecule has 0 aliphatic heterocycles. The van der Waals surface area contributed by atoms with Gasteiger partial charge in [-0.15, -0.1) is 0 Å². The number of rotatable bonds is 4. The van der Waals surface area contributed by atoms with Crippen LogP contribution in [0.5, 0.6) is 0 Å². The second-order valence-electron chi connectivity index (χ2n) is 3.97. The lowest BCUT2D eigenvalue weighted by atomic mass is 10.2. The highest BCUT2D eigenvalue weighted by Crippen LogP contribution is 2.33. The van der Waals surface area contributed by atoms with Crippen molar-refractivity contribution in [2.24, 2.45) is 5.92 Å². The van der Waals surface area contributed by atoms with E-state index in [0.29, 0.717) is 0 Å². The SMILES string of the molecule is Cc1c[nH]c(=S)n1CCCC1CC1. The van der Waals surface area contributed by atoms with Crippen molar-refractivity contribution in [2.45, 2.75) is 39.2 Å². The highest BCUT2D eigenvalue weighted by Gasteiger charge is 2.20. The Morgan fingerprint density at radius 3 is 2.92 bits per heavy atom. The van der Waals surface area contributed by atoms with Crippen LogP contribution >= 0.6 is 12.2 Å². The van der Waals surface area contributed by atoms with Crippen LogP contribution in [-0.2, 0) is 6.54 Å². The molecule has 2 rings (SSSR count). The number of nitrogens with one attached hydrogen (secondary N) is 1. The Kier molecular flexibility index (Phi) is 2.54. The molecule has 0 bridgehead atoms. The summed E-state index contributed by atoms with van der Waals surface area (Å²) in [6, 6.07) is 0. The third-order valence-corrected chi connectivity index (χ3v) is 3.10. The summed E-state index contributed by atoms with van der Waals surface area (Å²) < 4.78 is 3.06. The van der Waals surface area contributed by atoms with Crippen molar-refractivity contribution >= 4 is 12.2 Å². The number of aromatic nitrogens is 2. The van der Waals surface area contributed by atoms with Crippen molar-refractivity contribution in [2.75, 3.05) is 0 Å². The summed E-state index contributed by atoms with van der Waals surface area (Å²) in [4.78, 5) is 3.07. The van der Waals surface area contributed by atoms with Crippen LogP contribution in [0.1, 0.15) is 31.4 Å². The van der Waals surface area contributed by atoms with Crippen LogP contribution in [0.25, 0.3) is 0 Å². The van der Waals surface area contributed by atoms with E-state index in [0.717, 1.165) is 17.2 Å². The average Bonchev–Trinajstić information content (AvgIpc) is 2.86. The Hall–Kier alpha value is -0.570. The molecule has 1 aliphatic carbocycles. The van der Waals surface area contributed by atoms with Gasteiger partial charge in [-0.1, -0.05) is 12.8 Å². The van der Waals surface area contributed by atoms with Crippen molar-refractivity contribution in [3.63, 3.8) is 0 Å². The molecule has 1 heterocycles. The van der Waals surface area contributed by atoms with Crippen molar-refractivity contribution in [3.05, 3.63) is 16.7 Å². The minimum Gasteiger partial charge on any atom is -0.337 e. The Balaban J connectivity index is 1.88. The van der Waals surface area contributed by atoms with Crippen molar-refractivity contribution in [1.82, 2.24) is 9.55 Å². The third kappa shape index (κ3) is 2.21. The number of imidazole rings is 1. The van der Waals surface area contributed by atoms with Gasteiger partial charge in [0.1, 0.15) is 0 Å². The van der Waals surface area contributed by atoms with Crippen LogP contribution in [-0.4, -0.2) is 9.55 Å². The molecule has 0 unspecified atom stereocenters. The first kappa shape index (κ1) is 9.00. The average molecular weight is 196 g/mol. The number of H-pyrrole nitrogens is 1. The zero-order valence-corrected chi connectivity index (χ0v) is 8.86. The molecule has 1 saturated carbocycles. The number of nitrogens with zero attached hydrogens (tertiary/aromatic N) is 1. The monoisotopic (exact) mass is 196 g/mol. The molecule has 72 valence electrons. The van der Waals surface area contributed by atoms with Crippen molar-refractivity contribution < 1.29 is 0 Å². The molecule has 1 aromatic heterocycles. The first-order valence-corrected chi connectivity index (χ1v) is 5.43. The molecule has 0 saturated heterocycles. The maximum Gasteiger partial charge on any atom is 0.177 e. The van der Waals surface area contributed by atoms with Crippen LogP contribution in [0.3, 0.4) is 0 Å². The molecule has 1 aromatic rings. The fraction of sp³-hybridized carbons (Fsp3) is 0.700. The summed E-state index contributed by atoms with van der Waals surface area (Å²) in [6.07, 6.45) is 7.55. The molecule has 0 atom stereocenters. The number of hydrogen-bond donors (Lipinski definition) is 1. The topological polar surface area (TPSA) is 20.7 Å². The van der Waals surface area contributed by atoms with E-state index in [2.05, 4.69) is 16.5 Å². The number of hydrogen-bond acceptors (Lipinski definition) is 1. The quantitative estimate of drug-likeness (QED) is 0.734. The number of aryl methyl sites for hydroxylation is 1. The van der Waals surface area contributed by atoms with Gasteiger partial charge in [0.15, 0.2) is 4.77 Å². The molecule has 2 nitrogen and oxygen atoms in total. The van der Waals surface area contributed by atoms with E-state index in [1.165, 1.54) is 31.4 Å². The van der Waals surface area contributed by atoms with Crippen molar-refractivity contribution in [3.8, 4) is 0 Å². The molecule has 13 heavy (non-hydrogen) atoms. The standard InChI is InChI=1S/C10H16N2S/c1-8-7-11-10(13)12(8)6-2-3-9-4-5-9/h7,9H,2-6H2,1H3,(H,11,13). The largest absolute Gasteiger partial charge is 0.337 e. The molecule has 1 fully saturated rings. The van der Waals surface area contributed by atoms with E-state index in [1.807, 2.05) is 6.20 Å². The van der Waals surface area contributed by atoms with E-state index >= 15 is 0 Å². The zero-order chi connectivity index (χ0) is 9.26. The van der Waals surface area contributed by atoms with E-state index in [-0.39, 0.29) is 0 Å². The molecule has 3 heteroatoms. The van der Waals surface area contributed by atoms with Gasteiger partial charge < -0.3 is 9.55 Å². The van der Waals surface area contributed by atoms with Crippen LogP contribution in [0.2, 0.25) is 0 Å². The third-order valence-electron chi connectivity index (χ3n) is 2.77. The minimum atomic E-state index is 0.869. The van der Waals surface area contributed by atoms with Gasteiger partial charge in [-0.2, -0.15) is 0 Å². The molecule has 0 radical (unpaired) electrons. The van der Waals surface area contributed by atoms with Gasteiger partial charge in [0.25, 0.3) is 0 Å². The van der Waals surface area contributed by atoms with Crippen LogP contribution in [0, 0.1) is 17.6 Å². The minimum absolute atomic E-state index is 0.869. The highest BCUT2D eigenvalue weighted by molar-refractivity contribution is 7.71. The first-order valence-electron chi connectivity index (χ1n) is 5.02. The molecular formula is C10H16N2S. The first-order chi connectivity index (χ1) is 6.27. The van der Waals surface area contributed by atoms with Gasteiger partial charge in [0, 0.05) is 18.4 Å². The fourth-order valence-electron chi connectivity index (χ4n) is 1.70. The predicted molar refractivity (Wildman–Crippen MR) is 56.3 cm³/mol. The predicted octanol–water partition coefficient (Wildman–Crippen LogP) is 3.04. The summed E-state index contributed by atoms with van der Waals surface area (Å²) in [5.41, 5.74) is 1.25. The van der Waals surface area contributed by atoms with E-state index in [9.17, 15) is 0 Å². The zero-order valence-electron chi connectivity index (χ0n) is 8.05. The van der Waals surface area contributed by atoms with E-state index in [4.69, 9.17) is 12.2 Å². The Morgan fingerprint density at radius 1 is 1.62 bits per heavy atom. The van der Waals surface area contributed by atoms with Gasteiger partial charge in [-0.3, -0.25) is 0 Å². The molecular weight excluding hydrogens is 180 g/mol. The summed E-state index contributed by atoms with van der Waals surface area (Å²) >= 11 is 5.17. The van der Waals surface area contributed by atoms with Gasteiger partial charge >= 0.3 is 0 Å². The maximum atomic E-state index is 5.17. The molecule has 1 N–H and O–H groups in total. The molecule has 0 aromatic carbocycles. The van der Waals surface area contributed by atoms with E-state index in [1.54, 1.807) is 0 Å². The summed E-state index contributed by atoms with van der Waals surface area (Å²) in [6.45, 7) is 3.19. The van der Waals surface area contributed by atoms with Crippen LogP contribution in [0.4, 0.5) is 0 Å². The molecule has 0 spiro atoms. The van der Waals surface area contributed by atoms with Crippen LogP contribution in [0.15, 0.2) is 6.20 Å². The lowest BCUT2D eigenvalue weighted by Crippen LogP contribution is -2.00. The lowest BCUT2D eigenvalue weighted by molar-refractivity contribution is 0.565. The van der Waals surface area contributed by atoms with Gasteiger partial charge in [0.2, 0.25) is 0 Å². The Bertz CT molecular complexity index is 333. The maximum absolute atomic E-state index is 5.17. The van der Waals surface area contributed by atoms with Gasteiger partial charge in [0.05, 0.1) is 0 Å². The summed E-state index contributed by atoms with van der Waals surface area (Å²) in [5, 5.41) is 0. The van der Waals surface area contributed by atoms with Crippen molar-refractivity contribution in [1.29, 1.82) is 0 Å². The lowest BCUT2D eigenvalue weighted by Gasteiger charge is -2.03.